The molecule has 1 aliphatic heterocycles. The number of fused-ring (bicyclic) bond motifs is 2. The average Bonchev–Trinajstić information content (AvgIpc) is 2.89. The molecule has 3 amide bonds. The summed E-state index contributed by atoms with van der Waals surface area (Å²) >= 11 is 0. The molecule has 3 aromatic carbocycles. The van der Waals surface area contributed by atoms with Crippen LogP contribution in [0.15, 0.2) is 66.7 Å². The number of anilines is 1. The number of nitrogens with zero attached hydrogens (tertiary/aromatic N) is 2. The van der Waals surface area contributed by atoms with Crippen molar-refractivity contribution >= 4 is 24.0 Å². The second-order valence-electron chi connectivity index (χ2n) is 9.73. The predicted octanol–water partition coefficient (Wildman–Crippen LogP) is 6.03. The first kappa shape index (κ1) is 26.0. The third-order valence-corrected chi connectivity index (χ3v) is 7.00. The zero-order valence-corrected chi connectivity index (χ0v) is 21.6. The van der Waals surface area contributed by atoms with Gasteiger partial charge in [0.05, 0.1) is 17.8 Å². The van der Waals surface area contributed by atoms with Crippen LogP contribution in [0.3, 0.4) is 0 Å². The number of nitrogens with one attached hydrogen (secondary N) is 1. The fourth-order valence-electron chi connectivity index (χ4n) is 4.80. The summed E-state index contributed by atoms with van der Waals surface area (Å²) in [4.78, 5) is 40.2. The SMILES string of the molecule is CN(C)C(=O)Oc1ccc2c(c1)OC(=O)N(Cc1cccc(NC(=O)OCc3ccccc3)c1F)C21CCC1. The van der Waals surface area contributed by atoms with Gasteiger partial charge in [-0.25, -0.2) is 18.8 Å². The van der Waals surface area contributed by atoms with Gasteiger partial charge >= 0.3 is 18.3 Å². The summed E-state index contributed by atoms with van der Waals surface area (Å²) in [7, 11) is 3.14. The zero-order valence-electron chi connectivity index (χ0n) is 21.6. The first-order valence-electron chi connectivity index (χ1n) is 12.5. The Morgan fingerprint density at radius 1 is 1.08 bits per heavy atom. The van der Waals surface area contributed by atoms with Crippen LogP contribution in [0.5, 0.6) is 11.5 Å². The van der Waals surface area contributed by atoms with Crippen LogP contribution in [0.2, 0.25) is 0 Å². The van der Waals surface area contributed by atoms with Crippen molar-refractivity contribution in [2.45, 2.75) is 38.0 Å². The quantitative estimate of drug-likeness (QED) is 0.416. The first-order valence-corrected chi connectivity index (χ1v) is 12.5. The summed E-state index contributed by atoms with van der Waals surface area (Å²) in [5.74, 6) is -0.0858. The third-order valence-electron chi connectivity index (χ3n) is 7.00. The first-order chi connectivity index (χ1) is 18.8. The van der Waals surface area contributed by atoms with Crippen LogP contribution in [-0.2, 0) is 23.4 Å². The summed E-state index contributed by atoms with van der Waals surface area (Å²) < 4.78 is 31.6. The lowest BCUT2D eigenvalue weighted by Crippen LogP contribution is -2.57. The van der Waals surface area contributed by atoms with Crippen molar-refractivity contribution in [2.75, 3.05) is 19.4 Å². The molecule has 10 heteroatoms. The summed E-state index contributed by atoms with van der Waals surface area (Å²) in [6, 6.07) is 18.7. The van der Waals surface area contributed by atoms with E-state index in [1.165, 1.54) is 21.9 Å². The van der Waals surface area contributed by atoms with E-state index in [2.05, 4.69) is 5.32 Å². The van der Waals surface area contributed by atoms with Gasteiger partial charge in [0.1, 0.15) is 18.1 Å². The lowest BCUT2D eigenvalue weighted by Gasteiger charge is -2.52. The van der Waals surface area contributed by atoms with Gasteiger partial charge in [0.25, 0.3) is 0 Å². The van der Waals surface area contributed by atoms with E-state index in [0.717, 1.165) is 17.5 Å². The number of benzene rings is 3. The van der Waals surface area contributed by atoms with E-state index in [4.69, 9.17) is 14.2 Å². The van der Waals surface area contributed by atoms with E-state index < -0.39 is 29.6 Å². The minimum absolute atomic E-state index is 0.0472. The Labute approximate surface area is 225 Å². The van der Waals surface area contributed by atoms with Crippen LogP contribution < -0.4 is 14.8 Å². The molecule has 5 rings (SSSR count). The maximum absolute atomic E-state index is 15.5. The van der Waals surface area contributed by atoms with Gasteiger partial charge in [0.15, 0.2) is 5.82 Å². The number of hydrogen-bond acceptors (Lipinski definition) is 6. The molecule has 2 aliphatic rings. The van der Waals surface area contributed by atoms with Gasteiger partial charge in [-0.3, -0.25) is 10.2 Å². The lowest BCUT2D eigenvalue weighted by atomic mass is 9.69. The molecular formula is C29H28FN3O6. The van der Waals surface area contributed by atoms with Gasteiger partial charge in [-0.2, -0.15) is 0 Å². The summed E-state index contributed by atoms with van der Waals surface area (Å²) in [5, 5.41) is 2.45. The molecular weight excluding hydrogens is 505 g/mol. The molecule has 3 aromatic rings. The van der Waals surface area contributed by atoms with Crippen LogP contribution in [0, 0.1) is 5.82 Å². The van der Waals surface area contributed by atoms with Gasteiger partial charge in [-0.1, -0.05) is 42.5 Å². The topological polar surface area (TPSA) is 97.4 Å². The number of ether oxygens (including phenoxy) is 3. The van der Waals surface area contributed by atoms with Crippen molar-refractivity contribution in [3.05, 3.63) is 89.2 Å². The van der Waals surface area contributed by atoms with E-state index in [0.29, 0.717) is 18.6 Å². The van der Waals surface area contributed by atoms with E-state index in [-0.39, 0.29) is 30.2 Å². The average molecular weight is 534 g/mol. The Morgan fingerprint density at radius 3 is 2.54 bits per heavy atom. The fourth-order valence-corrected chi connectivity index (χ4v) is 4.80. The minimum Gasteiger partial charge on any atom is -0.444 e. The molecule has 0 unspecified atom stereocenters. The van der Waals surface area contributed by atoms with Crippen molar-refractivity contribution in [1.82, 2.24) is 9.80 Å². The highest BCUT2D eigenvalue weighted by molar-refractivity contribution is 5.85. The lowest BCUT2D eigenvalue weighted by molar-refractivity contribution is 0.00113. The smallest absolute Gasteiger partial charge is 0.416 e. The van der Waals surface area contributed by atoms with E-state index >= 15 is 4.39 Å². The third kappa shape index (κ3) is 5.22. The Bertz CT molecular complexity index is 1410. The summed E-state index contributed by atoms with van der Waals surface area (Å²) in [6.07, 6.45) is 0.276. The number of hydrogen-bond donors (Lipinski definition) is 1. The van der Waals surface area contributed by atoms with Crippen LogP contribution in [0.1, 0.15) is 36.0 Å². The second kappa shape index (κ2) is 10.6. The molecule has 0 radical (unpaired) electrons. The van der Waals surface area contributed by atoms with Crippen molar-refractivity contribution in [1.29, 1.82) is 0 Å². The Balaban J connectivity index is 1.33. The molecule has 1 fully saturated rings. The highest BCUT2D eigenvalue weighted by Crippen LogP contribution is 2.53. The molecule has 1 N–H and O–H groups in total. The number of carbonyl (C=O) groups is 3. The van der Waals surface area contributed by atoms with Crippen molar-refractivity contribution < 1.29 is 33.0 Å². The molecule has 1 spiro atoms. The van der Waals surface area contributed by atoms with Crippen LogP contribution in [-0.4, -0.2) is 42.2 Å². The van der Waals surface area contributed by atoms with Crippen molar-refractivity contribution in [2.24, 2.45) is 0 Å². The standard InChI is InChI=1S/C29H28FN3O6/c1-32(2)27(35)38-21-12-13-22-24(16-21)39-28(36)33(29(22)14-7-15-29)17-20-10-6-11-23(25(20)30)31-26(34)37-18-19-8-4-3-5-9-19/h3-6,8-13,16H,7,14-15,17-18H2,1-2H3,(H,31,34). The molecule has 0 saturated heterocycles. The van der Waals surface area contributed by atoms with Gasteiger partial charge < -0.3 is 19.1 Å². The van der Waals surface area contributed by atoms with Gasteiger partial charge in [0.2, 0.25) is 0 Å². The molecule has 1 saturated carbocycles. The highest BCUT2D eigenvalue weighted by atomic mass is 19.1. The zero-order chi connectivity index (χ0) is 27.6. The van der Waals surface area contributed by atoms with Gasteiger partial charge in [0, 0.05) is 31.3 Å². The largest absolute Gasteiger partial charge is 0.444 e. The van der Waals surface area contributed by atoms with Crippen molar-refractivity contribution in [3.8, 4) is 11.5 Å². The van der Waals surface area contributed by atoms with Crippen LogP contribution in [0.25, 0.3) is 0 Å². The molecule has 39 heavy (non-hydrogen) atoms. The van der Waals surface area contributed by atoms with Gasteiger partial charge in [-0.05, 0) is 43.0 Å². The molecule has 202 valence electrons. The van der Waals surface area contributed by atoms with E-state index in [1.54, 1.807) is 38.4 Å². The molecule has 1 aliphatic carbocycles. The number of halogens is 1. The van der Waals surface area contributed by atoms with Gasteiger partial charge in [-0.15, -0.1) is 0 Å². The molecule has 0 atom stereocenters. The minimum atomic E-state index is -0.789. The fraction of sp³-hybridized carbons (Fsp3) is 0.276. The maximum Gasteiger partial charge on any atom is 0.416 e. The Kier molecular flexibility index (Phi) is 7.10. The molecule has 9 nitrogen and oxygen atoms in total. The summed E-state index contributed by atoms with van der Waals surface area (Å²) in [5.41, 5.74) is 1.08. The number of amides is 3. The molecule has 1 heterocycles. The van der Waals surface area contributed by atoms with Crippen LogP contribution in [0.4, 0.5) is 24.5 Å². The number of rotatable bonds is 6. The Morgan fingerprint density at radius 2 is 1.85 bits per heavy atom. The highest BCUT2D eigenvalue weighted by Gasteiger charge is 2.51. The Hall–Kier alpha value is -4.60. The van der Waals surface area contributed by atoms with E-state index in [1.807, 2.05) is 30.3 Å². The molecule has 0 aromatic heterocycles. The predicted molar refractivity (Wildman–Crippen MR) is 140 cm³/mol. The monoisotopic (exact) mass is 533 g/mol. The normalized spacial score (nSPS) is 15.1. The van der Waals surface area contributed by atoms with Crippen molar-refractivity contribution in [3.63, 3.8) is 0 Å². The van der Waals surface area contributed by atoms with E-state index in [9.17, 15) is 14.4 Å². The maximum atomic E-state index is 15.5. The second-order valence-corrected chi connectivity index (χ2v) is 9.73. The summed E-state index contributed by atoms with van der Waals surface area (Å²) in [6.45, 7) is -0.0123. The molecule has 0 bridgehead atoms. The van der Waals surface area contributed by atoms with Crippen LogP contribution >= 0.6 is 0 Å². The number of carbonyl (C=O) groups excluding carboxylic acids is 3.